The number of aryl methyl sites for hydroxylation is 1. The summed E-state index contributed by atoms with van der Waals surface area (Å²) in [4.78, 5) is 4.73. The topological polar surface area (TPSA) is 71.1 Å². The molecule has 0 radical (unpaired) electrons. The number of hydrogen-bond donors (Lipinski definition) is 0. The molecule has 0 bridgehead atoms. The Hall–Kier alpha value is -0.990. The van der Waals surface area contributed by atoms with E-state index in [0.29, 0.717) is 0 Å². The number of methoxy groups -OCH3 is 1. The maximum absolute atomic E-state index is 11.9. The fourth-order valence-corrected chi connectivity index (χ4v) is 1.99. The van der Waals surface area contributed by atoms with Crippen LogP contribution in [0.2, 0.25) is 0 Å². The largest absolute Gasteiger partial charge is 0.329 e. The van der Waals surface area contributed by atoms with Crippen molar-refractivity contribution in [3.8, 4) is 0 Å². The second-order valence-corrected chi connectivity index (χ2v) is 5.43. The Kier molecular flexibility index (Phi) is 5.45. The van der Waals surface area contributed by atoms with Gasteiger partial charge >= 0.3 is 16.1 Å². The van der Waals surface area contributed by atoms with Crippen LogP contribution in [0.1, 0.15) is 19.4 Å². The molecule has 0 spiro atoms. The summed E-state index contributed by atoms with van der Waals surface area (Å²) in [5.74, 6) is -1.58. The van der Waals surface area contributed by atoms with E-state index in [2.05, 4.69) is 4.33 Å². The Labute approximate surface area is 113 Å². The summed E-state index contributed by atoms with van der Waals surface area (Å²) in [6, 6.07) is 6.18. The van der Waals surface area contributed by atoms with Gasteiger partial charge in [0.25, 0.3) is 0 Å². The van der Waals surface area contributed by atoms with E-state index < -0.39 is 16.1 Å². The van der Waals surface area contributed by atoms with Crippen LogP contribution in [0, 0.1) is 6.92 Å². The number of benzene rings is 1. The van der Waals surface area contributed by atoms with Gasteiger partial charge < -0.3 is 9.47 Å². The van der Waals surface area contributed by atoms with Gasteiger partial charge in [0.05, 0.1) is 4.90 Å². The highest BCUT2D eigenvalue weighted by Gasteiger charge is 2.30. The van der Waals surface area contributed by atoms with Gasteiger partial charge in [-0.05, 0) is 26.0 Å². The summed E-state index contributed by atoms with van der Waals surface area (Å²) in [6.45, 7) is 5.25. The summed E-state index contributed by atoms with van der Waals surface area (Å²) in [5, 5.41) is 0. The quantitative estimate of drug-likeness (QED) is 0.434. The molecule has 1 atom stereocenters. The molecule has 0 N–H and O–H groups in total. The molecule has 0 heterocycles. The highest BCUT2D eigenvalue weighted by molar-refractivity contribution is 7.86. The van der Waals surface area contributed by atoms with Crippen molar-refractivity contribution in [2.75, 3.05) is 13.7 Å². The van der Waals surface area contributed by atoms with Gasteiger partial charge in [0.2, 0.25) is 0 Å². The molecule has 0 aliphatic heterocycles. The average molecular weight is 290 g/mol. The minimum atomic E-state index is -4.02. The van der Waals surface area contributed by atoms with E-state index in [1.807, 2.05) is 6.92 Å². The van der Waals surface area contributed by atoms with Crippen LogP contribution >= 0.6 is 0 Å². The second kappa shape index (κ2) is 6.44. The summed E-state index contributed by atoms with van der Waals surface area (Å²) in [5.41, 5.74) is 0.941. The zero-order valence-electron chi connectivity index (χ0n) is 11.4. The lowest BCUT2D eigenvalue weighted by atomic mass is 10.2. The third-order valence-electron chi connectivity index (χ3n) is 2.36. The van der Waals surface area contributed by atoms with Crippen LogP contribution in [0.25, 0.3) is 0 Å². The molecule has 0 aliphatic rings. The molecule has 0 saturated carbocycles. The first-order chi connectivity index (χ1) is 8.83. The van der Waals surface area contributed by atoms with Gasteiger partial charge in [0, 0.05) is 20.6 Å². The third kappa shape index (κ3) is 4.55. The van der Waals surface area contributed by atoms with Crippen LogP contribution < -0.4 is 0 Å². The predicted octanol–water partition coefficient (Wildman–Crippen LogP) is 1.99. The van der Waals surface area contributed by atoms with E-state index >= 15 is 0 Å². The second-order valence-electron chi connectivity index (χ2n) is 3.92. The minimum Gasteiger partial charge on any atom is -0.329 e. The number of rotatable bonds is 7. The van der Waals surface area contributed by atoms with Crippen LogP contribution in [0.3, 0.4) is 0 Å². The summed E-state index contributed by atoms with van der Waals surface area (Å²) in [7, 11) is -2.70. The molecule has 0 aromatic heterocycles. The van der Waals surface area contributed by atoms with Crippen LogP contribution in [0.5, 0.6) is 0 Å². The van der Waals surface area contributed by atoms with E-state index in [1.165, 1.54) is 26.2 Å². The van der Waals surface area contributed by atoms with Crippen LogP contribution in [0.15, 0.2) is 29.2 Å². The highest BCUT2D eigenvalue weighted by atomic mass is 32.2. The molecule has 0 aliphatic carbocycles. The Morgan fingerprint density at radius 1 is 1.21 bits per heavy atom. The Morgan fingerprint density at radius 2 is 1.79 bits per heavy atom. The van der Waals surface area contributed by atoms with E-state index in [9.17, 15) is 8.42 Å². The molecule has 0 amide bonds. The molecule has 1 aromatic carbocycles. The SMILES string of the molecule is CCOC(C)(OC)OOS(=O)(=O)c1ccc(C)cc1. The van der Waals surface area contributed by atoms with Gasteiger partial charge in [0.1, 0.15) is 0 Å². The maximum atomic E-state index is 11.9. The van der Waals surface area contributed by atoms with Crippen molar-refractivity contribution in [1.82, 2.24) is 0 Å². The Bertz CT molecular complexity index is 495. The predicted molar refractivity (Wildman–Crippen MR) is 67.6 cm³/mol. The molecule has 19 heavy (non-hydrogen) atoms. The number of hydrogen-bond acceptors (Lipinski definition) is 6. The summed E-state index contributed by atoms with van der Waals surface area (Å²) >= 11 is 0. The van der Waals surface area contributed by atoms with Crippen LogP contribution in [-0.4, -0.2) is 28.1 Å². The van der Waals surface area contributed by atoms with Crippen LogP contribution in [-0.2, 0) is 28.8 Å². The first-order valence-electron chi connectivity index (χ1n) is 5.71. The molecular formula is C12H18O6S. The fraction of sp³-hybridized carbons (Fsp3) is 0.500. The van der Waals surface area contributed by atoms with Gasteiger partial charge in [-0.15, -0.1) is 0 Å². The molecule has 1 unspecified atom stereocenters. The van der Waals surface area contributed by atoms with E-state index in [0.717, 1.165) is 5.56 Å². The van der Waals surface area contributed by atoms with Crippen molar-refractivity contribution >= 4 is 10.1 Å². The van der Waals surface area contributed by atoms with Crippen molar-refractivity contribution in [1.29, 1.82) is 0 Å². The average Bonchev–Trinajstić information content (AvgIpc) is 2.37. The van der Waals surface area contributed by atoms with E-state index in [-0.39, 0.29) is 11.5 Å². The zero-order chi connectivity index (χ0) is 14.5. The minimum absolute atomic E-state index is 0.00643. The van der Waals surface area contributed by atoms with Crippen molar-refractivity contribution in [3.05, 3.63) is 29.8 Å². The molecule has 0 fully saturated rings. The van der Waals surface area contributed by atoms with Crippen LogP contribution in [0.4, 0.5) is 0 Å². The Morgan fingerprint density at radius 3 is 2.26 bits per heavy atom. The van der Waals surface area contributed by atoms with Crippen molar-refractivity contribution < 1.29 is 27.1 Å². The Balaban J connectivity index is 2.78. The molecule has 1 rings (SSSR count). The maximum Gasteiger partial charge on any atom is 0.323 e. The lowest BCUT2D eigenvalue weighted by Gasteiger charge is -2.24. The van der Waals surface area contributed by atoms with E-state index in [1.54, 1.807) is 19.1 Å². The first-order valence-corrected chi connectivity index (χ1v) is 7.12. The number of ether oxygens (including phenoxy) is 2. The standard InChI is InChI=1S/C12H18O6S/c1-5-16-12(3,15-4)17-18-19(13,14)11-8-6-10(2)7-9-11/h6-9H,5H2,1-4H3. The highest BCUT2D eigenvalue weighted by Crippen LogP contribution is 2.19. The molecule has 6 nitrogen and oxygen atoms in total. The summed E-state index contributed by atoms with van der Waals surface area (Å²) in [6.07, 6.45) is 0. The first kappa shape index (κ1) is 16.1. The van der Waals surface area contributed by atoms with Crippen molar-refractivity contribution in [2.24, 2.45) is 0 Å². The zero-order valence-corrected chi connectivity index (χ0v) is 12.2. The van der Waals surface area contributed by atoms with Gasteiger partial charge in [-0.2, -0.15) is 13.3 Å². The van der Waals surface area contributed by atoms with Gasteiger partial charge in [-0.25, -0.2) is 0 Å². The lowest BCUT2D eigenvalue weighted by molar-refractivity contribution is -0.459. The molecule has 7 heteroatoms. The smallest absolute Gasteiger partial charge is 0.323 e. The lowest BCUT2D eigenvalue weighted by Crippen LogP contribution is -2.35. The van der Waals surface area contributed by atoms with Gasteiger partial charge in [0.15, 0.2) is 0 Å². The molecule has 108 valence electrons. The molecular weight excluding hydrogens is 272 g/mol. The molecule has 0 saturated heterocycles. The molecule has 1 aromatic rings. The normalized spacial score (nSPS) is 15.2. The van der Waals surface area contributed by atoms with Gasteiger partial charge in [-0.3, -0.25) is 0 Å². The van der Waals surface area contributed by atoms with Gasteiger partial charge in [-0.1, -0.05) is 22.0 Å². The third-order valence-corrected chi connectivity index (χ3v) is 3.46. The van der Waals surface area contributed by atoms with Crippen molar-refractivity contribution in [3.63, 3.8) is 0 Å². The fourth-order valence-electron chi connectivity index (χ4n) is 1.23. The van der Waals surface area contributed by atoms with Crippen molar-refractivity contribution in [2.45, 2.75) is 31.6 Å². The summed E-state index contributed by atoms with van der Waals surface area (Å²) < 4.78 is 38.2. The van der Waals surface area contributed by atoms with E-state index in [4.69, 9.17) is 14.4 Å². The monoisotopic (exact) mass is 290 g/mol.